The third kappa shape index (κ3) is 10.0. The molecule has 49 heavy (non-hydrogen) atoms. The number of likely N-dealkylation sites (N-methyl/N-ethyl adjacent to an activating group) is 1. The van der Waals surface area contributed by atoms with Crippen LogP contribution in [0.3, 0.4) is 0 Å². The van der Waals surface area contributed by atoms with Gasteiger partial charge in [0.1, 0.15) is 29.6 Å². The highest BCUT2D eigenvalue weighted by Crippen LogP contribution is 2.32. The maximum absolute atomic E-state index is 9.97. The van der Waals surface area contributed by atoms with Crippen LogP contribution in [0.4, 0.5) is 11.8 Å². The molecule has 4 N–H and O–H groups in total. The van der Waals surface area contributed by atoms with E-state index in [-0.39, 0.29) is 6.01 Å². The van der Waals surface area contributed by atoms with Crippen LogP contribution in [0.2, 0.25) is 0 Å². The number of nitrogens with zero attached hydrogens (tertiary/aromatic N) is 6. The first kappa shape index (κ1) is 35.8. The van der Waals surface area contributed by atoms with Gasteiger partial charge < -0.3 is 44.5 Å². The summed E-state index contributed by atoms with van der Waals surface area (Å²) in [7, 11) is 2.16. The maximum atomic E-state index is 9.97. The Morgan fingerprint density at radius 2 is 1.63 bits per heavy atom. The van der Waals surface area contributed by atoms with Crippen molar-refractivity contribution in [1.82, 2.24) is 29.6 Å². The molecule has 0 amide bonds. The van der Waals surface area contributed by atoms with Gasteiger partial charge in [-0.15, -0.1) is 0 Å². The number of carbonyl (C=O) groups excluding carboxylic acids is 1. The van der Waals surface area contributed by atoms with Gasteiger partial charge in [0.2, 0.25) is 0 Å². The highest BCUT2D eigenvalue weighted by molar-refractivity contribution is 5.99. The number of carbonyl (C=O) groups is 1. The molecule has 0 bridgehead atoms. The van der Waals surface area contributed by atoms with Gasteiger partial charge in [-0.05, 0) is 54.8 Å². The zero-order valence-electron chi connectivity index (χ0n) is 28.3. The quantitative estimate of drug-likeness (QED) is 0.107. The van der Waals surface area contributed by atoms with Crippen molar-refractivity contribution in [3.05, 3.63) is 59.4 Å². The van der Waals surface area contributed by atoms with E-state index in [0.717, 1.165) is 49.8 Å². The van der Waals surface area contributed by atoms with Crippen molar-refractivity contribution >= 4 is 40.3 Å². The largest absolute Gasteiger partial charge is 0.424 e. The molecule has 14 nitrogen and oxygen atoms in total. The van der Waals surface area contributed by atoms with Crippen molar-refractivity contribution < 1.29 is 28.2 Å². The minimum Gasteiger partial charge on any atom is -0.424 e. The van der Waals surface area contributed by atoms with Crippen molar-refractivity contribution in [2.75, 3.05) is 77.9 Å². The summed E-state index contributed by atoms with van der Waals surface area (Å²) in [6, 6.07) is 12.4. The molecule has 1 aliphatic rings. The molecule has 0 unspecified atom stereocenters. The van der Waals surface area contributed by atoms with E-state index in [1.165, 1.54) is 23.0 Å². The molecule has 3 aromatic heterocycles. The molecule has 5 aromatic rings. The predicted octanol–water partition coefficient (Wildman–Crippen LogP) is 3.89. The molecule has 0 saturated carbocycles. The van der Waals surface area contributed by atoms with Crippen LogP contribution in [0.5, 0.6) is 0 Å². The van der Waals surface area contributed by atoms with Crippen LogP contribution in [0.1, 0.15) is 36.5 Å². The van der Waals surface area contributed by atoms with E-state index in [1.807, 2.05) is 22.9 Å². The van der Waals surface area contributed by atoms with Crippen LogP contribution in [0, 0.1) is 0 Å². The highest BCUT2D eigenvalue weighted by Gasteiger charge is 2.19. The molecule has 0 fully saturated rings. The fraction of sp³-hybridized carbons (Fsp3) is 0.457. The second kappa shape index (κ2) is 18.3. The molecule has 1 aliphatic heterocycles. The summed E-state index contributed by atoms with van der Waals surface area (Å²) in [5, 5.41) is 5.61. The van der Waals surface area contributed by atoms with E-state index >= 15 is 0 Å². The second-order valence-corrected chi connectivity index (χ2v) is 11.7. The Morgan fingerprint density at radius 1 is 0.898 bits per heavy atom. The molecule has 262 valence electrons. The van der Waals surface area contributed by atoms with Crippen molar-refractivity contribution in [2.24, 2.45) is 0 Å². The number of aromatic nitrogens is 5. The van der Waals surface area contributed by atoms with Gasteiger partial charge in [-0.1, -0.05) is 25.1 Å². The zero-order valence-corrected chi connectivity index (χ0v) is 28.3. The average Bonchev–Trinajstić information content (AvgIpc) is 3.67. The fourth-order valence-electron chi connectivity index (χ4n) is 5.49. The third-order valence-corrected chi connectivity index (χ3v) is 7.89. The molecule has 4 heterocycles. The number of hydrogen-bond acceptors (Lipinski definition) is 13. The second-order valence-electron chi connectivity index (χ2n) is 11.7. The van der Waals surface area contributed by atoms with E-state index in [4.69, 9.17) is 39.9 Å². The third-order valence-electron chi connectivity index (χ3n) is 7.89. The topological polar surface area (TPSA) is 179 Å². The van der Waals surface area contributed by atoms with Crippen LogP contribution in [-0.2, 0) is 43.3 Å². The van der Waals surface area contributed by atoms with Crippen LogP contribution >= 0.6 is 0 Å². The van der Waals surface area contributed by atoms with Crippen molar-refractivity contribution in [2.45, 2.75) is 39.3 Å². The average molecular weight is 675 g/mol. The van der Waals surface area contributed by atoms with Gasteiger partial charge in [-0.2, -0.15) is 10.1 Å². The molecular weight excluding hydrogens is 628 g/mol. The van der Waals surface area contributed by atoms with Crippen LogP contribution in [0.15, 0.2) is 47.1 Å². The number of nitrogen functional groups attached to an aromatic ring is 2. The molecule has 14 heteroatoms. The van der Waals surface area contributed by atoms with Crippen LogP contribution in [-0.4, -0.2) is 102 Å². The number of fused-ring (bicyclic) bond motifs is 3. The number of ether oxygens (including phenoxy) is 4. The lowest BCUT2D eigenvalue weighted by Gasteiger charge is -2.25. The first-order valence-electron chi connectivity index (χ1n) is 16.6. The fourth-order valence-corrected chi connectivity index (χ4v) is 5.49. The first-order valence-corrected chi connectivity index (χ1v) is 16.6. The van der Waals surface area contributed by atoms with Gasteiger partial charge in [-0.3, -0.25) is 0 Å². The summed E-state index contributed by atoms with van der Waals surface area (Å²) in [5.41, 5.74) is 19.5. The normalized spacial score (nSPS) is 13.0. The Hall–Kier alpha value is -4.47. The Kier molecular flexibility index (Phi) is 13.4. The van der Waals surface area contributed by atoms with E-state index < -0.39 is 0 Å². The number of benzene rings is 2. The number of oxazole rings is 1. The minimum absolute atomic E-state index is 0.133. The highest BCUT2D eigenvalue weighted by atomic mass is 16.6. The Labute approximate surface area is 285 Å². The van der Waals surface area contributed by atoms with E-state index in [9.17, 15) is 4.79 Å². The smallest absolute Gasteiger partial charge is 0.292 e. The summed E-state index contributed by atoms with van der Waals surface area (Å²) in [4.78, 5) is 25.2. The van der Waals surface area contributed by atoms with Crippen LogP contribution in [0.25, 0.3) is 33.4 Å². The van der Waals surface area contributed by atoms with E-state index in [0.29, 0.717) is 87.5 Å². The van der Waals surface area contributed by atoms with E-state index in [2.05, 4.69) is 52.0 Å². The molecule has 2 aromatic carbocycles. The van der Waals surface area contributed by atoms with Crippen molar-refractivity contribution in [3.63, 3.8) is 0 Å². The molecule has 0 spiro atoms. The monoisotopic (exact) mass is 674 g/mol. The molecule has 0 saturated heterocycles. The first-order chi connectivity index (χ1) is 24.0. The van der Waals surface area contributed by atoms with Gasteiger partial charge in [0, 0.05) is 31.7 Å². The molecule has 6 rings (SSSR count). The molecule has 0 aliphatic carbocycles. The number of hydrogen-bond donors (Lipinski definition) is 2. The number of rotatable bonds is 17. The lowest BCUT2D eigenvalue weighted by molar-refractivity contribution is -0.108. The number of aldehydes is 1. The summed E-state index contributed by atoms with van der Waals surface area (Å²) in [5.74, 6) is 0.393. The molecular formula is C35H46N8O6. The summed E-state index contributed by atoms with van der Waals surface area (Å²) in [6.45, 7) is 9.43. The SMILES string of the molecule is CCCOCCOCCOCCOCCC=O.CN1CCc2cc(Cn3nc(-c4ccc5oc(N)nc5c4)c4c(N)ncnc43)ccc2C1. The zero-order chi connectivity index (χ0) is 34.4. The van der Waals surface area contributed by atoms with Gasteiger partial charge in [0.05, 0.1) is 58.2 Å². The van der Waals surface area contributed by atoms with E-state index in [1.54, 1.807) is 0 Å². The molecule has 0 atom stereocenters. The maximum Gasteiger partial charge on any atom is 0.292 e. The van der Waals surface area contributed by atoms with Crippen LogP contribution < -0.4 is 11.5 Å². The van der Waals surface area contributed by atoms with Gasteiger partial charge in [0.15, 0.2) is 11.2 Å². The number of anilines is 2. The van der Waals surface area contributed by atoms with Crippen molar-refractivity contribution in [1.29, 1.82) is 0 Å². The van der Waals surface area contributed by atoms with Gasteiger partial charge in [0.25, 0.3) is 6.01 Å². The summed E-state index contributed by atoms with van der Waals surface area (Å²) < 4.78 is 28.2. The summed E-state index contributed by atoms with van der Waals surface area (Å²) >= 11 is 0. The van der Waals surface area contributed by atoms with Gasteiger partial charge >= 0.3 is 0 Å². The number of nitrogens with two attached hydrogens (primary N) is 2. The Morgan fingerprint density at radius 3 is 2.37 bits per heavy atom. The standard InChI is InChI=1S/C23H22N8O.C12H24O5/c1-30-7-6-14-8-13(2-3-16(14)11-30)10-31-22-19(21(24)26-12-27-22)20(29-31)15-4-5-18-17(9-15)28-23(25)32-18;1-2-5-14-7-9-16-11-12-17-10-8-15-6-3-4-13/h2-5,8-9,12H,6-7,10-11H2,1H3,(H2,25,28)(H2,24,26,27);4H,2-3,5-12H2,1H3. The predicted molar refractivity (Wildman–Crippen MR) is 187 cm³/mol. The van der Waals surface area contributed by atoms with Crippen molar-refractivity contribution in [3.8, 4) is 11.3 Å². The lowest BCUT2D eigenvalue weighted by atomic mass is 9.97. The minimum atomic E-state index is 0.133. The lowest BCUT2D eigenvalue weighted by Crippen LogP contribution is -2.26. The Bertz CT molecular complexity index is 1790. The molecule has 0 radical (unpaired) electrons. The summed E-state index contributed by atoms with van der Waals surface area (Å²) in [6.07, 6.45) is 4.86. The van der Waals surface area contributed by atoms with Gasteiger partial charge in [-0.25, -0.2) is 14.6 Å². The Balaban J connectivity index is 0.000000236.